The number of nitrogens with zero attached hydrogens (tertiary/aromatic N) is 1. The van der Waals surface area contributed by atoms with Crippen molar-refractivity contribution in [3.8, 4) is 0 Å². The minimum Gasteiger partial charge on any atom is -0.468 e. The van der Waals surface area contributed by atoms with E-state index in [1.54, 1.807) is 0 Å². The van der Waals surface area contributed by atoms with Gasteiger partial charge in [0.05, 0.1) is 18.8 Å². The van der Waals surface area contributed by atoms with Crippen LogP contribution in [0, 0.1) is 0 Å². The highest BCUT2D eigenvalue weighted by atomic mass is 16.5. The Bertz CT molecular complexity index is 847. The van der Waals surface area contributed by atoms with E-state index in [0.29, 0.717) is 13.0 Å². The molecule has 1 fully saturated rings. The van der Waals surface area contributed by atoms with Crippen molar-refractivity contribution in [2.75, 3.05) is 13.7 Å². The molecule has 3 aromatic rings. The number of hydrogen-bond donors (Lipinski definition) is 1. The highest BCUT2D eigenvalue weighted by Gasteiger charge is 2.51. The third kappa shape index (κ3) is 3.35. The Balaban J connectivity index is 2.04. The lowest BCUT2D eigenvalue weighted by atomic mass is 9.75. The van der Waals surface area contributed by atoms with E-state index < -0.39 is 17.7 Å². The molecule has 0 aliphatic carbocycles. The molecule has 148 valence electrons. The maximum Gasteiger partial charge on any atom is 0.323 e. The number of carbonyl (C=O) groups excluding carboxylic acids is 1. The smallest absolute Gasteiger partial charge is 0.323 e. The number of esters is 1. The molecule has 1 aliphatic heterocycles. The van der Waals surface area contributed by atoms with E-state index in [9.17, 15) is 9.90 Å². The molecule has 1 aliphatic rings. The van der Waals surface area contributed by atoms with Gasteiger partial charge in [0.1, 0.15) is 6.04 Å². The molecule has 29 heavy (non-hydrogen) atoms. The molecular formula is C25H25NO3. The first kappa shape index (κ1) is 19.4. The fraction of sp³-hybridized carbons (Fsp3) is 0.240. The Labute approximate surface area is 171 Å². The summed E-state index contributed by atoms with van der Waals surface area (Å²) in [6, 6.07) is 30.0. The molecular weight excluding hydrogens is 362 g/mol. The van der Waals surface area contributed by atoms with Gasteiger partial charge in [-0.3, -0.25) is 9.69 Å². The molecule has 0 radical (unpaired) electrons. The van der Waals surface area contributed by atoms with E-state index in [4.69, 9.17) is 4.74 Å². The number of aliphatic hydroxyl groups is 1. The molecule has 0 aromatic heterocycles. The summed E-state index contributed by atoms with van der Waals surface area (Å²) >= 11 is 0. The van der Waals surface area contributed by atoms with E-state index >= 15 is 0 Å². The lowest BCUT2D eigenvalue weighted by Gasteiger charge is -2.45. The largest absolute Gasteiger partial charge is 0.468 e. The number of ether oxygens (including phenoxy) is 1. The van der Waals surface area contributed by atoms with Crippen LogP contribution < -0.4 is 0 Å². The van der Waals surface area contributed by atoms with Crippen LogP contribution >= 0.6 is 0 Å². The van der Waals surface area contributed by atoms with Gasteiger partial charge < -0.3 is 9.84 Å². The SMILES string of the molecule is COC(=O)C1C[C@@H](O)CN1C(c1ccccc1)(c1ccccc1)c1ccccc1. The van der Waals surface area contributed by atoms with E-state index in [1.165, 1.54) is 7.11 Å². The van der Waals surface area contributed by atoms with Crippen LogP contribution in [0.2, 0.25) is 0 Å². The van der Waals surface area contributed by atoms with Gasteiger partial charge in [0.2, 0.25) is 0 Å². The van der Waals surface area contributed by atoms with E-state index in [0.717, 1.165) is 16.7 Å². The first-order valence-electron chi connectivity index (χ1n) is 9.87. The Morgan fingerprint density at radius 3 is 1.66 bits per heavy atom. The molecule has 0 amide bonds. The number of methoxy groups -OCH3 is 1. The average Bonchev–Trinajstić information content (AvgIpc) is 3.18. The van der Waals surface area contributed by atoms with E-state index in [-0.39, 0.29) is 5.97 Å². The van der Waals surface area contributed by atoms with Gasteiger partial charge in [0.25, 0.3) is 0 Å². The van der Waals surface area contributed by atoms with Gasteiger partial charge in [-0.2, -0.15) is 0 Å². The summed E-state index contributed by atoms with van der Waals surface area (Å²) < 4.78 is 5.12. The lowest BCUT2D eigenvalue weighted by molar-refractivity contribution is -0.147. The normalized spacial score (nSPS) is 19.8. The zero-order chi connectivity index (χ0) is 20.3. The molecule has 0 spiro atoms. The Morgan fingerprint density at radius 1 is 0.862 bits per heavy atom. The number of hydrogen-bond acceptors (Lipinski definition) is 4. The van der Waals surface area contributed by atoms with Crippen molar-refractivity contribution in [1.82, 2.24) is 4.90 Å². The van der Waals surface area contributed by atoms with Crippen molar-refractivity contribution in [1.29, 1.82) is 0 Å². The van der Waals surface area contributed by atoms with Crippen LogP contribution in [0.25, 0.3) is 0 Å². The lowest BCUT2D eigenvalue weighted by Crippen LogP contribution is -2.53. The number of likely N-dealkylation sites (tertiary alicyclic amines) is 1. The van der Waals surface area contributed by atoms with Crippen LogP contribution in [0.1, 0.15) is 23.1 Å². The van der Waals surface area contributed by atoms with E-state index in [1.807, 2.05) is 54.6 Å². The average molecular weight is 387 g/mol. The summed E-state index contributed by atoms with van der Waals surface area (Å²) in [7, 11) is 1.40. The second-order valence-electron chi connectivity index (χ2n) is 7.39. The maximum absolute atomic E-state index is 12.7. The van der Waals surface area contributed by atoms with Crippen LogP contribution in [0.15, 0.2) is 91.0 Å². The number of β-amino-alcohol motifs (C(OH)–C–C–N with tert-alkyl or cyclic N) is 1. The Morgan fingerprint density at radius 2 is 1.28 bits per heavy atom. The summed E-state index contributed by atoms with van der Waals surface area (Å²) in [4.78, 5) is 14.8. The fourth-order valence-electron chi connectivity index (χ4n) is 4.58. The minimum atomic E-state index is -0.736. The molecule has 4 nitrogen and oxygen atoms in total. The summed E-state index contributed by atoms with van der Waals surface area (Å²) in [5.41, 5.74) is 2.39. The summed E-state index contributed by atoms with van der Waals surface area (Å²) in [5, 5.41) is 10.6. The quantitative estimate of drug-likeness (QED) is 0.537. The van der Waals surface area contributed by atoms with Gasteiger partial charge >= 0.3 is 5.97 Å². The molecule has 2 atom stereocenters. The third-order valence-corrected chi connectivity index (χ3v) is 5.76. The van der Waals surface area contributed by atoms with Crippen molar-refractivity contribution < 1.29 is 14.6 Å². The molecule has 1 N–H and O–H groups in total. The zero-order valence-corrected chi connectivity index (χ0v) is 16.4. The van der Waals surface area contributed by atoms with Gasteiger partial charge in [0, 0.05) is 13.0 Å². The molecule has 4 rings (SSSR count). The topological polar surface area (TPSA) is 49.8 Å². The monoisotopic (exact) mass is 387 g/mol. The first-order valence-corrected chi connectivity index (χ1v) is 9.87. The Kier molecular flexibility index (Phi) is 5.47. The molecule has 4 heteroatoms. The predicted octanol–water partition coefficient (Wildman–Crippen LogP) is 3.59. The van der Waals surface area contributed by atoms with Crippen LogP contribution in [0.4, 0.5) is 0 Å². The van der Waals surface area contributed by atoms with Crippen molar-refractivity contribution in [3.63, 3.8) is 0 Å². The molecule has 1 heterocycles. The van der Waals surface area contributed by atoms with Gasteiger partial charge in [-0.1, -0.05) is 91.0 Å². The van der Waals surface area contributed by atoms with Crippen LogP contribution in [-0.4, -0.2) is 41.8 Å². The van der Waals surface area contributed by atoms with E-state index in [2.05, 4.69) is 41.3 Å². The van der Waals surface area contributed by atoms with Crippen molar-refractivity contribution >= 4 is 5.97 Å². The number of carbonyl (C=O) groups is 1. The van der Waals surface area contributed by atoms with Crippen LogP contribution in [0.3, 0.4) is 0 Å². The maximum atomic E-state index is 12.7. The summed E-state index contributed by atoms with van der Waals surface area (Å²) in [5.74, 6) is -0.325. The second-order valence-corrected chi connectivity index (χ2v) is 7.39. The molecule has 0 bridgehead atoms. The first-order chi connectivity index (χ1) is 14.2. The second kappa shape index (κ2) is 8.19. The standard InChI is InChI=1S/C25H25NO3/c1-29-24(28)23-17-22(27)18-26(23)25(19-11-5-2-6-12-19,20-13-7-3-8-14-20)21-15-9-4-10-16-21/h2-16,22-23,27H,17-18H2,1H3/t22-,23?/m1/s1. The number of rotatable bonds is 5. The highest BCUT2D eigenvalue weighted by molar-refractivity contribution is 5.77. The van der Waals surface area contributed by atoms with Crippen LogP contribution in [-0.2, 0) is 15.1 Å². The summed E-state index contributed by atoms with van der Waals surface area (Å²) in [6.07, 6.45) is -0.254. The van der Waals surface area contributed by atoms with Gasteiger partial charge in [-0.05, 0) is 16.7 Å². The van der Waals surface area contributed by atoms with Crippen molar-refractivity contribution in [2.24, 2.45) is 0 Å². The van der Waals surface area contributed by atoms with Crippen molar-refractivity contribution in [3.05, 3.63) is 108 Å². The van der Waals surface area contributed by atoms with Crippen LogP contribution in [0.5, 0.6) is 0 Å². The zero-order valence-electron chi connectivity index (χ0n) is 16.4. The minimum absolute atomic E-state index is 0.325. The third-order valence-electron chi connectivity index (χ3n) is 5.76. The number of benzene rings is 3. The predicted molar refractivity (Wildman–Crippen MR) is 112 cm³/mol. The van der Waals surface area contributed by atoms with Crippen molar-refractivity contribution in [2.45, 2.75) is 24.1 Å². The summed E-state index contributed by atoms with van der Waals surface area (Å²) in [6.45, 7) is 0.373. The molecule has 3 aromatic carbocycles. The Hall–Kier alpha value is -2.95. The number of aliphatic hydroxyl groups excluding tert-OH is 1. The molecule has 1 unspecified atom stereocenters. The van der Waals surface area contributed by atoms with Gasteiger partial charge in [-0.25, -0.2) is 0 Å². The molecule has 1 saturated heterocycles. The highest BCUT2D eigenvalue weighted by Crippen LogP contribution is 2.46. The fourth-order valence-corrected chi connectivity index (χ4v) is 4.58. The van der Waals surface area contributed by atoms with Gasteiger partial charge in [-0.15, -0.1) is 0 Å². The van der Waals surface area contributed by atoms with Gasteiger partial charge in [0.15, 0.2) is 0 Å². The molecule has 0 saturated carbocycles.